The summed E-state index contributed by atoms with van der Waals surface area (Å²) in [6.07, 6.45) is 0. The van der Waals surface area contributed by atoms with Gasteiger partial charge < -0.3 is 18.9 Å². The van der Waals surface area contributed by atoms with Crippen molar-refractivity contribution in [1.29, 1.82) is 0 Å². The average molecular weight is 360 g/mol. The number of ether oxygens (including phenoxy) is 1. The monoisotopic (exact) mass is 360 g/mol. The summed E-state index contributed by atoms with van der Waals surface area (Å²) in [5, 5.41) is 10.7. The fraction of sp³-hybridized carbons (Fsp3) is 0.167. The summed E-state index contributed by atoms with van der Waals surface area (Å²) in [6.45, 7) is 0. The van der Waals surface area contributed by atoms with Gasteiger partial charge in [0.2, 0.25) is 0 Å². The van der Waals surface area contributed by atoms with Crippen LogP contribution in [0.25, 0.3) is 5.76 Å². The van der Waals surface area contributed by atoms with Crippen LogP contribution in [0.1, 0.15) is 16.8 Å². The number of carbonyl (C=O) groups is 1. The van der Waals surface area contributed by atoms with Crippen molar-refractivity contribution in [3.8, 4) is 5.75 Å². The van der Waals surface area contributed by atoms with E-state index in [1.807, 2.05) is 0 Å². The Hall–Kier alpha value is -2.40. The molecule has 0 bridgehead atoms. The lowest BCUT2D eigenvalue weighted by Gasteiger charge is -2.31. The van der Waals surface area contributed by atoms with E-state index < -0.39 is 19.2 Å². The molecule has 0 saturated heterocycles. The van der Waals surface area contributed by atoms with Crippen LogP contribution in [0, 0.1) is 0 Å². The maximum atomic E-state index is 13.2. The number of carbonyl (C=O) groups excluding carboxylic acids is 1. The zero-order valence-corrected chi connectivity index (χ0v) is 14.6. The molecular formula is C18H17O6P. The van der Waals surface area contributed by atoms with Gasteiger partial charge in [0.15, 0.2) is 0 Å². The lowest BCUT2D eigenvalue weighted by molar-refractivity contribution is -0.131. The summed E-state index contributed by atoms with van der Waals surface area (Å²) in [4.78, 5) is 12.6. The highest BCUT2D eigenvalue weighted by atomic mass is 31.2. The minimum absolute atomic E-state index is 0.156. The van der Waals surface area contributed by atoms with Crippen molar-refractivity contribution < 1.29 is 28.3 Å². The van der Waals surface area contributed by atoms with E-state index in [-0.39, 0.29) is 17.1 Å². The Kier molecular flexibility index (Phi) is 4.77. The first-order chi connectivity index (χ1) is 12.0. The Morgan fingerprint density at radius 2 is 1.64 bits per heavy atom. The van der Waals surface area contributed by atoms with Crippen LogP contribution in [0.5, 0.6) is 5.75 Å². The van der Waals surface area contributed by atoms with Gasteiger partial charge in [-0.1, -0.05) is 48.5 Å². The third kappa shape index (κ3) is 3.00. The molecule has 1 aliphatic rings. The number of rotatable bonds is 4. The van der Waals surface area contributed by atoms with E-state index in [1.54, 1.807) is 54.6 Å². The molecule has 0 unspecified atom stereocenters. The largest absolute Gasteiger partial charge is 0.507 e. The molecule has 1 aliphatic heterocycles. The second-order valence-electron chi connectivity index (χ2n) is 5.36. The smallest absolute Gasteiger partial charge is 0.344 e. The molecule has 2 aromatic carbocycles. The summed E-state index contributed by atoms with van der Waals surface area (Å²) in [5.41, 5.74) is -0.402. The van der Waals surface area contributed by atoms with Crippen LogP contribution in [-0.4, -0.2) is 25.3 Å². The van der Waals surface area contributed by atoms with Crippen molar-refractivity contribution in [1.82, 2.24) is 0 Å². The van der Waals surface area contributed by atoms with Crippen LogP contribution in [0.2, 0.25) is 0 Å². The summed E-state index contributed by atoms with van der Waals surface area (Å²) in [7, 11) is -1.30. The third-order valence-electron chi connectivity index (χ3n) is 4.04. The number of hydrogen-bond acceptors (Lipinski definition) is 6. The van der Waals surface area contributed by atoms with Crippen LogP contribution in [0.4, 0.5) is 0 Å². The average Bonchev–Trinajstić information content (AvgIpc) is 2.66. The van der Waals surface area contributed by atoms with Gasteiger partial charge in [-0.2, -0.15) is 0 Å². The first-order valence-corrected chi connectivity index (χ1v) is 9.14. The SMILES string of the molecule is COP(=O)(OC)[C@H]1/C(=C(\O)c2ccccc2)C(=O)Oc2ccccc21. The topological polar surface area (TPSA) is 82.1 Å². The van der Waals surface area contributed by atoms with Gasteiger partial charge in [0.05, 0.1) is 5.57 Å². The molecule has 3 rings (SSSR count). The highest BCUT2D eigenvalue weighted by Gasteiger charge is 2.47. The number of para-hydroxylation sites is 1. The number of fused-ring (bicyclic) bond motifs is 1. The van der Waals surface area contributed by atoms with E-state index in [4.69, 9.17) is 13.8 Å². The normalized spacial score (nSPS) is 19.1. The summed E-state index contributed by atoms with van der Waals surface area (Å²) < 4.78 is 28.7. The molecule has 1 heterocycles. The molecule has 2 aromatic rings. The van der Waals surface area contributed by atoms with Gasteiger partial charge in [0, 0.05) is 25.3 Å². The second-order valence-corrected chi connectivity index (χ2v) is 7.69. The molecule has 0 saturated carbocycles. The van der Waals surface area contributed by atoms with E-state index in [1.165, 1.54) is 14.2 Å². The van der Waals surface area contributed by atoms with Crippen LogP contribution >= 0.6 is 7.60 Å². The van der Waals surface area contributed by atoms with Crippen molar-refractivity contribution in [3.63, 3.8) is 0 Å². The zero-order valence-electron chi connectivity index (χ0n) is 13.7. The Balaban J connectivity index is 2.29. The van der Waals surface area contributed by atoms with E-state index in [0.29, 0.717) is 11.1 Å². The van der Waals surface area contributed by atoms with Crippen LogP contribution < -0.4 is 4.74 Å². The first kappa shape index (κ1) is 17.4. The van der Waals surface area contributed by atoms with Gasteiger partial charge in [-0.05, 0) is 6.07 Å². The quantitative estimate of drug-likeness (QED) is 0.291. The van der Waals surface area contributed by atoms with Crippen molar-refractivity contribution in [3.05, 3.63) is 71.3 Å². The van der Waals surface area contributed by atoms with Gasteiger partial charge in [0.25, 0.3) is 0 Å². The molecular weight excluding hydrogens is 343 g/mol. The molecule has 6 nitrogen and oxygen atoms in total. The zero-order chi connectivity index (χ0) is 18.0. The first-order valence-electron chi connectivity index (χ1n) is 7.52. The Morgan fingerprint density at radius 1 is 1.04 bits per heavy atom. The predicted molar refractivity (Wildman–Crippen MR) is 92.4 cm³/mol. The Labute approximate surface area is 145 Å². The summed E-state index contributed by atoms with van der Waals surface area (Å²) in [5.74, 6) is -0.852. The van der Waals surface area contributed by atoms with Crippen molar-refractivity contribution in [2.45, 2.75) is 5.66 Å². The van der Waals surface area contributed by atoms with Gasteiger partial charge >= 0.3 is 13.6 Å². The lowest BCUT2D eigenvalue weighted by Crippen LogP contribution is -2.26. The fourth-order valence-electron chi connectivity index (χ4n) is 2.81. The van der Waals surface area contributed by atoms with Crippen LogP contribution in [0.3, 0.4) is 0 Å². The third-order valence-corrected chi connectivity index (χ3v) is 6.22. The highest BCUT2D eigenvalue weighted by molar-refractivity contribution is 7.54. The van der Waals surface area contributed by atoms with E-state index in [2.05, 4.69) is 0 Å². The maximum Gasteiger partial charge on any atom is 0.344 e. The number of esters is 1. The van der Waals surface area contributed by atoms with E-state index in [0.717, 1.165) is 0 Å². The van der Waals surface area contributed by atoms with Crippen molar-refractivity contribution >= 4 is 19.3 Å². The van der Waals surface area contributed by atoms with Gasteiger partial charge in [-0.3, -0.25) is 4.57 Å². The highest BCUT2D eigenvalue weighted by Crippen LogP contribution is 2.66. The van der Waals surface area contributed by atoms with Gasteiger partial charge in [-0.15, -0.1) is 0 Å². The Morgan fingerprint density at radius 3 is 2.28 bits per heavy atom. The van der Waals surface area contributed by atoms with Gasteiger partial charge in [-0.25, -0.2) is 4.79 Å². The van der Waals surface area contributed by atoms with Crippen LogP contribution in [0.15, 0.2) is 60.2 Å². The van der Waals surface area contributed by atoms with E-state index >= 15 is 0 Å². The maximum absolute atomic E-state index is 13.2. The molecule has 0 fully saturated rings. The number of aliphatic hydroxyl groups is 1. The molecule has 0 aromatic heterocycles. The molecule has 0 amide bonds. The molecule has 0 radical (unpaired) electrons. The van der Waals surface area contributed by atoms with Gasteiger partial charge in [0.1, 0.15) is 17.2 Å². The predicted octanol–water partition coefficient (Wildman–Crippen LogP) is 4.10. The lowest BCUT2D eigenvalue weighted by atomic mass is 9.97. The van der Waals surface area contributed by atoms with Crippen molar-refractivity contribution in [2.75, 3.05) is 14.2 Å². The molecule has 7 heteroatoms. The molecule has 0 aliphatic carbocycles. The molecule has 1 N–H and O–H groups in total. The fourth-order valence-corrected chi connectivity index (χ4v) is 4.48. The van der Waals surface area contributed by atoms with Crippen molar-refractivity contribution in [2.24, 2.45) is 0 Å². The molecule has 130 valence electrons. The summed E-state index contributed by atoms with van der Waals surface area (Å²) in [6, 6.07) is 15.2. The molecule has 25 heavy (non-hydrogen) atoms. The number of aliphatic hydroxyl groups excluding tert-OH is 1. The molecule has 1 atom stereocenters. The second kappa shape index (κ2) is 6.84. The van der Waals surface area contributed by atoms with Crippen LogP contribution in [-0.2, 0) is 18.4 Å². The van der Waals surface area contributed by atoms with E-state index in [9.17, 15) is 14.5 Å². The summed E-state index contributed by atoms with van der Waals surface area (Å²) >= 11 is 0. The molecule has 0 spiro atoms. The minimum atomic E-state index is -3.78. The number of hydrogen-bond donors (Lipinski definition) is 1. The minimum Gasteiger partial charge on any atom is -0.507 e. The standard InChI is InChI=1S/C18H17O6P/c1-22-25(21,23-2)17-13-10-6-7-11-14(13)24-18(20)15(17)16(19)12-8-4-3-5-9-12/h3-11,17,19H,1-2H3/b16-15+/t17-/m1/s1. The Bertz CT molecular complexity index is 866. The number of benzene rings is 2.